The first kappa shape index (κ1) is 28.4. The highest BCUT2D eigenvalue weighted by Crippen LogP contribution is 2.29. The van der Waals surface area contributed by atoms with Crippen LogP contribution < -0.4 is 10.0 Å². The first-order valence-corrected chi connectivity index (χ1v) is 14.4. The van der Waals surface area contributed by atoms with E-state index in [4.69, 9.17) is 5.14 Å². The van der Waals surface area contributed by atoms with Crippen LogP contribution in [0.1, 0.15) is 54.6 Å². The maximum atomic E-state index is 13.4. The molecule has 0 aliphatic heterocycles. The molecule has 5 rings (SSSR count). The largest absolute Gasteiger partial charge is 0.337 e. The van der Waals surface area contributed by atoms with Gasteiger partial charge in [-0.1, -0.05) is 49.4 Å². The molecule has 2 atom stereocenters. The molecule has 39 heavy (non-hydrogen) atoms. The Morgan fingerprint density at radius 1 is 1.05 bits per heavy atom. The van der Waals surface area contributed by atoms with Gasteiger partial charge in [-0.3, -0.25) is 4.79 Å². The molecule has 1 aromatic heterocycles. The van der Waals surface area contributed by atoms with E-state index in [2.05, 4.69) is 42.2 Å². The van der Waals surface area contributed by atoms with Gasteiger partial charge in [-0.15, -0.1) is 0 Å². The second-order valence-electron chi connectivity index (χ2n) is 9.87. The molecule has 1 aliphatic rings. The highest BCUT2D eigenvalue weighted by atomic mass is 32.2. The van der Waals surface area contributed by atoms with Crippen molar-refractivity contribution in [3.63, 3.8) is 0 Å². The molecule has 3 aromatic carbocycles. The molecule has 0 saturated carbocycles. The van der Waals surface area contributed by atoms with Crippen LogP contribution in [0.4, 0.5) is 10.1 Å². The van der Waals surface area contributed by atoms with Crippen molar-refractivity contribution in [2.45, 2.75) is 56.4 Å². The van der Waals surface area contributed by atoms with Crippen molar-refractivity contribution in [2.24, 2.45) is 12.2 Å². The molecule has 0 radical (unpaired) electrons. The number of nitrogens with two attached hydrogens (primary N) is 1. The summed E-state index contributed by atoms with van der Waals surface area (Å²) in [6.45, 7) is 2.61. The van der Waals surface area contributed by atoms with E-state index >= 15 is 0 Å². The van der Waals surface area contributed by atoms with Gasteiger partial charge >= 0.3 is 0 Å². The number of carbonyl (C=O) groups excluding carboxylic acids is 1. The zero-order valence-electron chi connectivity index (χ0n) is 22.4. The SMILES string of the molecule is C[C@@H](CC(=O)N(Cc1nccn1C)c1ccc2c(c1)CCCC2)c1ccccc1.NS(=O)c1cccc(F)c1. The molecule has 204 valence electrons. The average Bonchev–Trinajstić information content (AvgIpc) is 3.36. The molecular formula is C31H35FN4O2S. The number of hydrogen-bond acceptors (Lipinski definition) is 3. The Morgan fingerprint density at radius 2 is 1.79 bits per heavy atom. The summed E-state index contributed by atoms with van der Waals surface area (Å²) < 4.78 is 24.8. The molecule has 1 aliphatic carbocycles. The van der Waals surface area contributed by atoms with Crippen LogP contribution in [0.25, 0.3) is 0 Å². The van der Waals surface area contributed by atoms with Gasteiger partial charge in [0.25, 0.3) is 0 Å². The van der Waals surface area contributed by atoms with Gasteiger partial charge in [-0.25, -0.2) is 18.7 Å². The number of rotatable bonds is 7. The number of carbonyl (C=O) groups is 1. The van der Waals surface area contributed by atoms with Crippen molar-refractivity contribution >= 4 is 22.6 Å². The molecule has 1 amide bonds. The zero-order chi connectivity index (χ0) is 27.8. The lowest BCUT2D eigenvalue weighted by molar-refractivity contribution is -0.119. The van der Waals surface area contributed by atoms with Gasteiger partial charge in [0.1, 0.15) is 22.6 Å². The van der Waals surface area contributed by atoms with E-state index in [-0.39, 0.29) is 11.8 Å². The van der Waals surface area contributed by atoms with Crippen LogP contribution in [0.5, 0.6) is 0 Å². The molecule has 4 aromatic rings. The Bertz CT molecular complexity index is 1420. The van der Waals surface area contributed by atoms with Gasteiger partial charge in [-0.2, -0.15) is 0 Å². The first-order valence-electron chi connectivity index (χ1n) is 13.2. The number of benzene rings is 3. The molecule has 0 saturated heterocycles. The Kier molecular flexibility index (Phi) is 9.79. The number of nitrogens with zero attached hydrogens (tertiary/aromatic N) is 3. The summed E-state index contributed by atoms with van der Waals surface area (Å²) in [6, 6.07) is 22.2. The third-order valence-electron chi connectivity index (χ3n) is 7.04. The fraction of sp³-hybridized carbons (Fsp3) is 0.290. The Morgan fingerprint density at radius 3 is 2.44 bits per heavy atom. The summed E-state index contributed by atoms with van der Waals surface area (Å²) in [5.41, 5.74) is 5.01. The maximum absolute atomic E-state index is 13.4. The minimum absolute atomic E-state index is 0.139. The number of aromatic nitrogens is 2. The molecule has 8 heteroatoms. The number of halogens is 1. The van der Waals surface area contributed by atoms with Crippen molar-refractivity contribution in [2.75, 3.05) is 4.90 Å². The van der Waals surface area contributed by atoms with E-state index in [1.807, 2.05) is 40.9 Å². The number of amides is 1. The van der Waals surface area contributed by atoms with Gasteiger partial charge in [-0.05, 0) is 78.6 Å². The van der Waals surface area contributed by atoms with E-state index in [9.17, 15) is 13.4 Å². The molecule has 1 unspecified atom stereocenters. The van der Waals surface area contributed by atoms with E-state index in [1.54, 1.807) is 6.20 Å². The highest BCUT2D eigenvalue weighted by Gasteiger charge is 2.22. The fourth-order valence-corrected chi connectivity index (χ4v) is 5.21. The van der Waals surface area contributed by atoms with E-state index in [0.717, 1.165) is 30.4 Å². The summed E-state index contributed by atoms with van der Waals surface area (Å²) in [5.74, 6) is 0.782. The summed E-state index contributed by atoms with van der Waals surface area (Å²) in [6.07, 6.45) is 8.94. The molecular weight excluding hydrogens is 511 g/mol. The number of anilines is 1. The standard InChI is InChI=1S/C25H29N3O.C6H6FNOS/c1-19(20-8-4-3-5-9-20)16-25(29)28(18-24-26-14-15-27(24)2)23-13-12-21-10-6-7-11-22(21)17-23;7-5-2-1-3-6(4-5)10(8)9/h3-5,8-9,12-15,17,19H,6-7,10-11,16,18H2,1-2H3;1-4H,8H2/t19-;/m0./s1. The van der Waals surface area contributed by atoms with Crippen LogP contribution in [0.3, 0.4) is 0 Å². The van der Waals surface area contributed by atoms with Crippen LogP contribution in [0, 0.1) is 5.82 Å². The van der Waals surface area contributed by atoms with Crippen molar-refractivity contribution < 1.29 is 13.4 Å². The molecule has 0 bridgehead atoms. The van der Waals surface area contributed by atoms with Gasteiger partial charge in [0.2, 0.25) is 5.91 Å². The Balaban J connectivity index is 0.000000298. The second kappa shape index (κ2) is 13.4. The topological polar surface area (TPSA) is 81.2 Å². The van der Waals surface area contributed by atoms with E-state index in [1.165, 1.54) is 47.7 Å². The predicted octanol–water partition coefficient (Wildman–Crippen LogP) is 5.83. The number of hydrogen-bond donors (Lipinski definition) is 1. The number of imidazole rings is 1. The molecule has 0 fully saturated rings. The van der Waals surface area contributed by atoms with E-state index in [0.29, 0.717) is 17.9 Å². The van der Waals surface area contributed by atoms with Gasteiger partial charge in [0, 0.05) is 31.5 Å². The lowest BCUT2D eigenvalue weighted by Crippen LogP contribution is -2.32. The van der Waals surface area contributed by atoms with Gasteiger partial charge < -0.3 is 9.47 Å². The summed E-state index contributed by atoms with van der Waals surface area (Å²) >= 11 is 0. The van der Waals surface area contributed by atoms with Crippen molar-refractivity contribution in [1.29, 1.82) is 0 Å². The molecule has 1 heterocycles. The smallest absolute Gasteiger partial charge is 0.228 e. The van der Waals surface area contributed by atoms with Gasteiger partial charge in [0.15, 0.2) is 0 Å². The zero-order valence-corrected chi connectivity index (χ0v) is 23.2. The molecule has 2 N–H and O–H groups in total. The van der Waals surface area contributed by atoms with Crippen LogP contribution in [0.2, 0.25) is 0 Å². The molecule has 6 nitrogen and oxygen atoms in total. The number of fused-ring (bicyclic) bond motifs is 1. The number of aryl methyl sites for hydroxylation is 3. The van der Waals surface area contributed by atoms with Crippen LogP contribution in [-0.4, -0.2) is 19.7 Å². The minimum atomic E-state index is -1.58. The summed E-state index contributed by atoms with van der Waals surface area (Å²) in [4.78, 5) is 20.1. The third-order valence-corrected chi connectivity index (χ3v) is 7.76. The van der Waals surface area contributed by atoms with E-state index < -0.39 is 16.8 Å². The van der Waals surface area contributed by atoms with Crippen LogP contribution in [-0.2, 0) is 42.2 Å². The molecule has 0 spiro atoms. The van der Waals surface area contributed by atoms with Crippen molar-refractivity contribution in [3.8, 4) is 0 Å². The third kappa shape index (κ3) is 7.71. The van der Waals surface area contributed by atoms with Crippen molar-refractivity contribution in [1.82, 2.24) is 9.55 Å². The first-order chi connectivity index (χ1) is 18.8. The van der Waals surface area contributed by atoms with Crippen LogP contribution >= 0.6 is 0 Å². The quantitative estimate of drug-likeness (QED) is 0.317. The monoisotopic (exact) mass is 546 g/mol. The summed E-state index contributed by atoms with van der Waals surface area (Å²) in [5, 5.41) is 4.99. The normalized spacial score (nSPS) is 13.9. The van der Waals surface area contributed by atoms with Crippen molar-refractivity contribution in [3.05, 3.63) is 114 Å². The second-order valence-corrected chi connectivity index (χ2v) is 10.9. The highest BCUT2D eigenvalue weighted by molar-refractivity contribution is 7.82. The summed E-state index contributed by atoms with van der Waals surface area (Å²) in [7, 11) is 0.397. The fourth-order valence-electron chi connectivity index (χ4n) is 4.77. The predicted molar refractivity (Wildman–Crippen MR) is 154 cm³/mol. The Hall–Kier alpha value is -3.62. The minimum Gasteiger partial charge on any atom is -0.337 e. The van der Waals surface area contributed by atoms with Crippen LogP contribution in [0.15, 0.2) is 90.1 Å². The maximum Gasteiger partial charge on any atom is 0.228 e. The lowest BCUT2D eigenvalue weighted by atomic mass is 9.91. The Labute approximate surface area is 232 Å². The lowest BCUT2D eigenvalue weighted by Gasteiger charge is -2.26. The average molecular weight is 547 g/mol. The van der Waals surface area contributed by atoms with Gasteiger partial charge in [0.05, 0.1) is 11.4 Å².